The molecule has 0 spiro atoms. The first-order chi connectivity index (χ1) is 12.0. The summed E-state index contributed by atoms with van der Waals surface area (Å²) in [5.41, 5.74) is 7.87. The summed E-state index contributed by atoms with van der Waals surface area (Å²) in [7, 11) is 0. The Labute approximate surface area is 159 Å². The number of nitrogens with zero attached hydrogens (tertiary/aromatic N) is 1. The van der Waals surface area contributed by atoms with Crippen molar-refractivity contribution in [3.05, 3.63) is 79.0 Å². The Morgan fingerprint density at radius 3 is 2.76 bits per heavy atom. The molecule has 126 valence electrons. The van der Waals surface area contributed by atoms with Gasteiger partial charge >= 0.3 is 0 Å². The van der Waals surface area contributed by atoms with E-state index in [1.807, 2.05) is 6.21 Å². The summed E-state index contributed by atoms with van der Waals surface area (Å²) in [5.74, 6) is 0. The van der Waals surface area contributed by atoms with Crippen LogP contribution in [0.1, 0.15) is 17.7 Å². The van der Waals surface area contributed by atoms with Crippen molar-refractivity contribution in [2.75, 3.05) is 0 Å². The molecule has 3 rings (SSSR count). The molecule has 2 heterocycles. The van der Waals surface area contributed by atoms with Gasteiger partial charge in [-0.25, -0.2) is 0 Å². The van der Waals surface area contributed by atoms with Gasteiger partial charge in [-0.05, 0) is 54.5 Å². The third-order valence-corrected chi connectivity index (χ3v) is 5.18. The summed E-state index contributed by atoms with van der Waals surface area (Å²) < 4.78 is 0.599. The fourth-order valence-corrected chi connectivity index (χ4v) is 3.56. The van der Waals surface area contributed by atoms with Crippen molar-refractivity contribution >= 4 is 46.5 Å². The van der Waals surface area contributed by atoms with Gasteiger partial charge in [-0.1, -0.05) is 28.9 Å². The zero-order chi connectivity index (χ0) is 17.8. The topological polar surface area (TPSA) is 56.4 Å². The van der Waals surface area contributed by atoms with E-state index in [0.29, 0.717) is 31.8 Å². The molecule has 2 N–H and O–H groups in total. The Morgan fingerprint density at radius 1 is 1.32 bits per heavy atom. The lowest BCUT2D eigenvalue weighted by molar-refractivity contribution is 0.248. The number of nitrogens with one attached hydrogen (secondary N) is 1. The minimum absolute atomic E-state index is 0.225. The van der Waals surface area contributed by atoms with E-state index in [4.69, 9.17) is 28.6 Å². The van der Waals surface area contributed by atoms with Crippen LogP contribution in [0.5, 0.6) is 0 Å². The minimum atomic E-state index is -0.921. The fourth-order valence-electron chi connectivity index (χ4n) is 2.43. The second kappa shape index (κ2) is 7.99. The Balaban J connectivity index is 2.04. The standard InChI is InChI=1S/C19H14Cl2N2OS/c20-14-5-3-12(4-6-14)10-15(18(22)16-7-8-17(21)25-16)19(24)13-2-1-9-23-11-13/h3,5,7-11,19,22,24H,1-2H2. The second-order valence-electron chi connectivity index (χ2n) is 5.44. The maximum Gasteiger partial charge on any atom is 0.104 e. The third-order valence-electron chi connectivity index (χ3n) is 3.71. The van der Waals surface area contributed by atoms with Crippen molar-refractivity contribution in [2.45, 2.75) is 18.9 Å². The second-order valence-corrected chi connectivity index (χ2v) is 7.56. The lowest BCUT2D eigenvalue weighted by atomic mass is 9.92. The van der Waals surface area contributed by atoms with E-state index in [9.17, 15) is 5.11 Å². The summed E-state index contributed by atoms with van der Waals surface area (Å²) in [6, 6.07) is 3.52. The Kier molecular flexibility index (Phi) is 5.72. The molecule has 25 heavy (non-hydrogen) atoms. The molecule has 0 amide bonds. The number of aliphatic hydroxyl groups excluding tert-OH is 1. The van der Waals surface area contributed by atoms with E-state index in [0.717, 1.165) is 12.0 Å². The molecular formula is C19H14Cl2N2OS. The van der Waals surface area contributed by atoms with Gasteiger partial charge in [0, 0.05) is 23.6 Å². The lowest BCUT2D eigenvalue weighted by Crippen LogP contribution is -2.21. The first kappa shape index (κ1) is 17.9. The molecule has 2 aliphatic rings. The molecule has 0 saturated heterocycles. The molecule has 1 aliphatic heterocycles. The van der Waals surface area contributed by atoms with Gasteiger partial charge in [0.2, 0.25) is 0 Å². The molecule has 6 heteroatoms. The SMILES string of the molecule is N=C(C(=CC1=C=C=C(Cl)C=C1)C(O)C1=CN=CCC1)c1ccc(Cl)s1. The van der Waals surface area contributed by atoms with Crippen LogP contribution < -0.4 is 0 Å². The highest BCUT2D eigenvalue weighted by Crippen LogP contribution is 2.28. The highest BCUT2D eigenvalue weighted by Gasteiger charge is 2.23. The van der Waals surface area contributed by atoms with Crippen LogP contribution in [0.2, 0.25) is 4.34 Å². The number of rotatable bonds is 5. The number of halogens is 2. The van der Waals surface area contributed by atoms with Gasteiger partial charge in [0.25, 0.3) is 0 Å². The molecule has 1 aliphatic carbocycles. The predicted octanol–water partition coefficient (Wildman–Crippen LogP) is 5.18. The summed E-state index contributed by atoms with van der Waals surface area (Å²) >= 11 is 13.2. The van der Waals surface area contributed by atoms with Crippen LogP contribution in [0.3, 0.4) is 0 Å². The zero-order valence-electron chi connectivity index (χ0n) is 13.1. The average Bonchev–Trinajstić information content (AvgIpc) is 3.07. The van der Waals surface area contributed by atoms with Gasteiger partial charge in [-0.2, -0.15) is 0 Å². The monoisotopic (exact) mass is 388 g/mol. The maximum atomic E-state index is 10.9. The number of aliphatic imine (C=N–C) groups is 1. The van der Waals surface area contributed by atoms with Crippen LogP contribution in [0.4, 0.5) is 0 Å². The number of thiophene rings is 1. The fraction of sp³-hybridized carbons (Fsp3) is 0.158. The van der Waals surface area contributed by atoms with E-state index in [1.165, 1.54) is 11.3 Å². The van der Waals surface area contributed by atoms with Gasteiger partial charge in [-0.15, -0.1) is 11.3 Å². The molecule has 0 bridgehead atoms. The maximum absolute atomic E-state index is 10.9. The van der Waals surface area contributed by atoms with Crippen LogP contribution in [-0.2, 0) is 0 Å². The largest absolute Gasteiger partial charge is 0.384 e. The van der Waals surface area contributed by atoms with Crippen molar-refractivity contribution in [2.24, 2.45) is 4.99 Å². The van der Waals surface area contributed by atoms with Crippen LogP contribution in [0.25, 0.3) is 0 Å². The van der Waals surface area contributed by atoms with Crippen molar-refractivity contribution in [3.63, 3.8) is 0 Å². The number of allylic oxidation sites excluding steroid dienone is 5. The first-order valence-electron chi connectivity index (χ1n) is 7.59. The predicted molar refractivity (Wildman–Crippen MR) is 105 cm³/mol. The first-order valence-corrected chi connectivity index (χ1v) is 9.16. The number of hydrogen-bond acceptors (Lipinski definition) is 4. The molecule has 3 nitrogen and oxygen atoms in total. The number of hydrogen-bond donors (Lipinski definition) is 2. The quantitative estimate of drug-likeness (QED) is 0.529. The lowest BCUT2D eigenvalue weighted by Gasteiger charge is -2.19. The molecule has 1 aromatic rings. The summed E-state index contributed by atoms with van der Waals surface area (Å²) in [6.07, 6.45) is 9.23. The minimum Gasteiger partial charge on any atom is -0.384 e. The van der Waals surface area contributed by atoms with E-state index < -0.39 is 6.10 Å². The van der Waals surface area contributed by atoms with Crippen molar-refractivity contribution in [3.8, 4) is 0 Å². The van der Waals surface area contributed by atoms with Gasteiger partial charge in [0.1, 0.15) is 6.10 Å². The van der Waals surface area contributed by atoms with Gasteiger partial charge in [-0.3, -0.25) is 10.4 Å². The van der Waals surface area contributed by atoms with E-state index in [-0.39, 0.29) is 5.71 Å². The van der Waals surface area contributed by atoms with Crippen LogP contribution in [0.15, 0.2) is 74.8 Å². The molecule has 0 fully saturated rings. The molecule has 0 saturated carbocycles. The molecule has 0 radical (unpaired) electrons. The molecule has 1 atom stereocenters. The summed E-state index contributed by atoms with van der Waals surface area (Å²) in [6.45, 7) is 0. The van der Waals surface area contributed by atoms with Crippen molar-refractivity contribution in [1.82, 2.24) is 0 Å². The van der Waals surface area contributed by atoms with E-state index >= 15 is 0 Å². The number of aliphatic hydroxyl groups is 1. The Bertz CT molecular complexity index is 936. The molecule has 1 unspecified atom stereocenters. The average molecular weight is 389 g/mol. The van der Waals surface area contributed by atoms with Crippen LogP contribution in [-0.4, -0.2) is 23.1 Å². The van der Waals surface area contributed by atoms with E-state index in [2.05, 4.69) is 16.5 Å². The van der Waals surface area contributed by atoms with Gasteiger partial charge < -0.3 is 5.11 Å². The zero-order valence-corrected chi connectivity index (χ0v) is 15.4. The summed E-state index contributed by atoms with van der Waals surface area (Å²) in [5, 5.41) is 19.9. The smallest absolute Gasteiger partial charge is 0.104 e. The highest BCUT2D eigenvalue weighted by atomic mass is 35.5. The molecular weight excluding hydrogens is 375 g/mol. The molecule has 0 aromatic carbocycles. The normalized spacial score (nSPS) is 17.9. The van der Waals surface area contributed by atoms with Crippen LogP contribution >= 0.6 is 34.5 Å². The van der Waals surface area contributed by atoms with E-state index in [1.54, 1.807) is 36.6 Å². The van der Waals surface area contributed by atoms with Gasteiger partial charge in [0.15, 0.2) is 0 Å². The van der Waals surface area contributed by atoms with Crippen molar-refractivity contribution in [1.29, 1.82) is 5.41 Å². The summed E-state index contributed by atoms with van der Waals surface area (Å²) in [4.78, 5) is 4.81. The van der Waals surface area contributed by atoms with Gasteiger partial charge in [0.05, 0.1) is 20.0 Å². The Morgan fingerprint density at radius 2 is 2.16 bits per heavy atom. The third kappa shape index (κ3) is 4.39. The van der Waals surface area contributed by atoms with Crippen LogP contribution in [0, 0.1) is 5.41 Å². The van der Waals surface area contributed by atoms with Crippen molar-refractivity contribution < 1.29 is 5.11 Å². The Hall–Kier alpha value is -1.90. The highest BCUT2D eigenvalue weighted by molar-refractivity contribution is 7.18. The molecule has 1 aromatic heterocycles.